The minimum atomic E-state index is -4.63. The maximum atomic E-state index is 13.1. The Morgan fingerprint density at radius 1 is 1.48 bits per heavy atom. The number of benzene rings is 1. The van der Waals surface area contributed by atoms with Crippen molar-refractivity contribution in [3.05, 3.63) is 33.9 Å². The molecule has 0 radical (unpaired) electrons. The van der Waals surface area contributed by atoms with E-state index in [1.807, 2.05) is 0 Å². The molecule has 1 aromatic carbocycles. The maximum Gasteiger partial charge on any atom is 0.418 e. The summed E-state index contributed by atoms with van der Waals surface area (Å²) in [7, 11) is 1.57. The first kappa shape index (κ1) is 15.6. The quantitative estimate of drug-likeness (QED) is 0.686. The fraction of sp³-hybridized carbons (Fsp3) is 0.538. The van der Waals surface area contributed by atoms with Gasteiger partial charge in [-0.25, -0.2) is 0 Å². The third-order valence-electron chi connectivity index (χ3n) is 3.56. The molecule has 0 amide bonds. The highest BCUT2D eigenvalue weighted by Crippen LogP contribution is 2.38. The van der Waals surface area contributed by atoms with Gasteiger partial charge in [0.25, 0.3) is 5.69 Å². The monoisotopic (exact) mass is 303 g/mol. The summed E-state index contributed by atoms with van der Waals surface area (Å²) < 4.78 is 39.3. The normalized spacial score (nSPS) is 18.8. The summed E-state index contributed by atoms with van der Waals surface area (Å²) in [6.07, 6.45) is -2.71. The maximum absolute atomic E-state index is 13.1. The van der Waals surface area contributed by atoms with Gasteiger partial charge in [-0.2, -0.15) is 13.2 Å². The number of anilines is 1. The SMILES string of the molecule is CN(CC1CCCN1)c1ccc([N+](=O)[O-])cc1C(F)(F)F. The zero-order valence-corrected chi connectivity index (χ0v) is 11.5. The van der Waals surface area contributed by atoms with Crippen LogP contribution in [0.25, 0.3) is 0 Å². The van der Waals surface area contributed by atoms with E-state index in [-0.39, 0.29) is 11.7 Å². The number of hydrogen-bond donors (Lipinski definition) is 1. The summed E-state index contributed by atoms with van der Waals surface area (Å²) >= 11 is 0. The number of rotatable bonds is 4. The topological polar surface area (TPSA) is 58.4 Å². The third kappa shape index (κ3) is 3.63. The first-order valence-corrected chi connectivity index (χ1v) is 6.59. The highest BCUT2D eigenvalue weighted by molar-refractivity contribution is 5.59. The highest BCUT2D eigenvalue weighted by atomic mass is 19.4. The molecule has 1 fully saturated rings. The van der Waals surface area contributed by atoms with Crippen LogP contribution < -0.4 is 10.2 Å². The van der Waals surface area contributed by atoms with E-state index < -0.39 is 22.4 Å². The lowest BCUT2D eigenvalue weighted by molar-refractivity contribution is -0.385. The lowest BCUT2D eigenvalue weighted by Gasteiger charge is -2.26. The molecule has 1 atom stereocenters. The standard InChI is InChI=1S/C13H16F3N3O2/c1-18(8-9-3-2-6-17-9)12-5-4-10(19(20)21)7-11(12)13(14,15)16/h4-5,7,9,17H,2-3,6,8H2,1H3. The number of nitrogens with one attached hydrogen (secondary N) is 1. The van der Waals surface area contributed by atoms with Crippen molar-refractivity contribution in [2.45, 2.75) is 25.1 Å². The number of halogens is 3. The predicted octanol–water partition coefficient (Wildman–Crippen LogP) is 2.80. The summed E-state index contributed by atoms with van der Waals surface area (Å²) in [5.74, 6) is 0. The van der Waals surface area contributed by atoms with E-state index in [9.17, 15) is 23.3 Å². The Hall–Kier alpha value is -1.83. The molecular weight excluding hydrogens is 287 g/mol. The van der Waals surface area contributed by atoms with Gasteiger partial charge < -0.3 is 10.2 Å². The van der Waals surface area contributed by atoms with Crippen LogP contribution in [0.5, 0.6) is 0 Å². The van der Waals surface area contributed by atoms with Gasteiger partial charge in [0.2, 0.25) is 0 Å². The second-order valence-electron chi connectivity index (χ2n) is 5.13. The Labute approximate surface area is 119 Å². The van der Waals surface area contributed by atoms with Crippen molar-refractivity contribution >= 4 is 11.4 Å². The van der Waals surface area contributed by atoms with Crippen LogP contribution >= 0.6 is 0 Å². The Kier molecular flexibility index (Phi) is 4.36. The fourth-order valence-electron chi connectivity index (χ4n) is 2.54. The second kappa shape index (κ2) is 5.88. The number of nitro groups is 1. The number of nitro benzene ring substituents is 1. The summed E-state index contributed by atoms with van der Waals surface area (Å²) in [4.78, 5) is 11.3. The summed E-state index contributed by atoms with van der Waals surface area (Å²) in [5, 5.41) is 13.9. The van der Waals surface area contributed by atoms with E-state index in [0.29, 0.717) is 12.6 Å². The number of non-ortho nitro benzene ring substituents is 1. The van der Waals surface area contributed by atoms with Crippen molar-refractivity contribution in [1.29, 1.82) is 0 Å². The van der Waals surface area contributed by atoms with Gasteiger partial charge in [-0.1, -0.05) is 0 Å². The van der Waals surface area contributed by atoms with Crippen LogP contribution in [0.2, 0.25) is 0 Å². The summed E-state index contributed by atoms with van der Waals surface area (Å²) in [6.45, 7) is 1.30. The highest BCUT2D eigenvalue weighted by Gasteiger charge is 2.36. The van der Waals surface area contributed by atoms with E-state index in [4.69, 9.17) is 0 Å². The zero-order chi connectivity index (χ0) is 15.6. The molecule has 1 saturated heterocycles. The van der Waals surface area contributed by atoms with Gasteiger partial charge >= 0.3 is 6.18 Å². The molecule has 1 N–H and O–H groups in total. The van der Waals surface area contributed by atoms with E-state index >= 15 is 0 Å². The molecule has 0 spiro atoms. The molecule has 0 saturated carbocycles. The first-order chi connectivity index (χ1) is 9.79. The summed E-state index contributed by atoms with van der Waals surface area (Å²) in [5.41, 5.74) is -1.57. The lowest BCUT2D eigenvalue weighted by Crippen LogP contribution is -2.36. The molecule has 1 aliphatic rings. The van der Waals surface area contributed by atoms with Crippen molar-refractivity contribution in [2.24, 2.45) is 0 Å². The molecule has 116 valence electrons. The zero-order valence-electron chi connectivity index (χ0n) is 11.5. The molecule has 1 unspecified atom stereocenters. The average Bonchev–Trinajstić information content (AvgIpc) is 2.89. The van der Waals surface area contributed by atoms with E-state index in [2.05, 4.69) is 5.32 Å². The van der Waals surface area contributed by atoms with Gasteiger partial charge in [-0.3, -0.25) is 10.1 Å². The van der Waals surface area contributed by atoms with Crippen molar-refractivity contribution in [3.63, 3.8) is 0 Å². The van der Waals surface area contributed by atoms with E-state index in [0.717, 1.165) is 31.5 Å². The Balaban J connectivity index is 2.30. The van der Waals surface area contributed by atoms with Gasteiger partial charge in [0.15, 0.2) is 0 Å². The molecule has 5 nitrogen and oxygen atoms in total. The molecular formula is C13H16F3N3O2. The first-order valence-electron chi connectivity index (χ1n) is 6.59. The van der Waals surface area contributed by atoms with Gasteiger partial charge in [-0.05, 0) is 25.5 Å². The smallest absolute Gasteiger partial charge is 0.373 e. The number of alkyl halides is 3. The minimum absolute atomic E-state index is 0.0400. The van der Waals surface area contributed by atoms with Crippen LogP contribution in [0.1, 0.15) is 18.4 Å². The van der Waals surface area contributed by atoms with Crippen molar-refractivity contribution in [1.82, 2.24) is 5.32 Å². The third-order valence-corrected chi connectivity index (χ3v) is 3.56. The minimum Gasteiger partial charge on any atom is -0.373 e. The van der Waals surface area contributed by atoms with Gasteiger partial charge in [0.05, 0.1) is 10.5 Å². The number of hydrogen-bond acceptors (Lipinski definition) is 4. The predicted molar refractivity (Wildman–Crippen MR) is 72.4 cm³/mol. The van der Waals surface area contributed by atoms with Crippen LogP contribution in [-0.2, 0) is 6.18 Å². The van der Waals surface area contributed by atoms with Gasteiger partial charge in [0, 0.05) is 37.5 Å². The van der Waals surface area contributed by atoms with Gasteiger partial charge in [-0.15, -0.1) is 0 Å². The van der Waals surface area contributed by atoms with Crippen molar-refractivity contribution in [2.75, 3.05) is 25.0 Å². The lowest BCUT2D eigenvalue weighted by atomic mass is 10.1. The largest absolute Gasteiger partial charge is 0.418 e. The number of likely N-dealkylation sites (N-methyl/N-ethyl adjacent to an activating group) is 1. The van der Waals surface area contributed by atoms with Crippen LogP contribution in [0.15, 0.2) is 18.2 Å². The van der Waals surface area contributed by atoms with Crippen LogP contribution in [-0.4, -0.2) is 31.1 Å². The molecule has 1 aliphatic heterocycles. The molecule has 8 heteroatoms. The van der Waals surface area contributed by atoms with E-state index in [1.54, 1.807) is 7.05 Å². The van der Waals surface area contributed by atoms with Crippen LogP contribution in [0, 0.1) is 10.1 Å². The second-order valence-corrected chi connectivity index (χ2v) is 5.13. The van der Waals surface area contributed by atoms with Crippen LogP contribution in [0.3, 0.4) is 0 Å². The molecule has 1 aromatic rings. The molecule has 0 bridgehead atoms. The van der Waals surface area contributed by atoms with Crippen molar-refractivity contribution in [3.8, 4) is 0 Å². The fourth-order valence-corrected chi connectivity index (χ4v) is 2.54. The molecule has 1 heterocycles. The Morgan fingerprint density at radius 3 is 2.71 bits per heavy atom. The van der Waals surface area contributed by atoms with Gasteiger partial charge in [0.1, 0.15) is 0 Å². The van der Waals surface area contributed by atoms with Crippen molar-refractivity contribution < 1.29 is 18.1 Å². The summed E-state index contributed by atoms with van der Waals surface area (Å²) in [6, 6.07) is 3.00. The van der Waals surface area contributed by atoms with Crippen LogP contribution in [0.4, 0.5) is 24.5 Å². The van der Waals surface area contributed by atoms with E-state index in [1.165, 1.54) is 4.90 Å². The average molecular weight is 303 g/mol. The Morgan fingerprint density at radius 2 is 2.19 bits per heavy atom. The molecule has 21 heavy (non-hydrogen) atoms. The molecule has 0 aromatic heterocycles. The molecule has 2 rings (SSSR count). The number of nitrogens with zero attached hydrogens (tertiary/aromatic N) is 2. The Bertz CT molecular complexity index is 528. The molecule has 0 aliphatic carbocycles.